The first-order valence-electron chi connectivity index (χ1n) is 7.14. The molecule has 4 nitrogen and oxygen atoms in total. The van der Waals surface area contributed by atoms with Crippen LogP contribution in [0.4, 0.5) is 18.9 Å². The van der Waals surface area contributed by atoms with Crippen molar-refractivity contribution in [1.82, 2.24) is 4.90 Å². The van der Waals surface area contributed by atoms with Crippen molar-refractivity contribution in [3.8, 4) is 0 Å². The number of carbonyl (C=O) groups is 1. The van der Waals surface area contributed by atoms with E-state index in [1.807, 2.05) is 0 Å². The number of likely N-dealkylation sites (tertiary alicyclic amines) is 1. The quantitative estimate of drug-likeness (QED) is 0.824. The van der Waals surface area contributed by atoms with Crippen LogP contribution < -0.4 is 5.73 Å². The molecule has 1 unspecified atom stereocenters. The maximum atomic E-state index is 12.8. The van der Waals surface area contributed by atoms with Crippen LogP contribution in [0.25, 0.3) is 0 Å². The average molecular weight is 316 g/mol. The van der Waals surface area contributed by atoms with Crippen molar-refractivity contribution in [2.45, 2.75) is 32.0 Å². The highest BCUT2D eigenvalue weighted by molar-refractivity contribution is 5.99. The molecule has 1 aliphatic heterocycles. The van der Waals surface area contributed by atoms with Gasteiger partial charge in [0.15, 0.2) is 0 Å². The van der Waals surface area contributed by atoms with Crippen molar-refractivity contribution < 1.29 is 23.1 Å². The molecule has 7 heteroatoms. The predicted molar refractivity (Wildman–Crippen MR) is 76.2 cm³/mol. The van der Waals surface area contributed by atoms with E-state index < -0.39 is 23.8 Å². The normalized spacial score (nSPS) is 18.3. The maximum absolute atomic E-state index is 12.8. The van der Waals surface area contributed by atoms with E-state index in [0.29, 0.717) is 25.9 Å². The minimum absolute atomic E-state index is 0.0376. The molecular formula is C15H19F3N2O2. The Morgan fingerprint density at radius 1 is 1.36 bits per heavy atom. The lowest BCUT2D eigenvalue weighted by Gasteiger charge is -2.33. The molecule has 1 saturated heterocycles. The van der Waals surface area contributed by atoms with Gasteiger partial charge in [-0.2, -0.15) is 13.2 Å². The number of piperidine rings is 1. The van der Waals surface area contributed by atoms with Gasteiger partial charge in [0, 0.05) is 18.8 Å². The standard InChI is InChI=1S/C15H19F3N2O2/c1-9(21)10-4-6-20(7-5-10)14(22)12-8-11(15(16,17)18)2-3-13(12)19/h2-3,8-10,21H,4-7,19H2,1H3. The molecule has 0 aliphatic carbocycles. The predicted octanol–water partition coefficient (Wildman–Crippen LogP) is 2.52. The van der Waals surface area contributed by atoms with Gasteiger partial charge in [0.05, 0.1) is 17.2 Å². The molecule has 0 aromatic heterocycles. The van der Waals surface area contributed by atoms with Gasteiger partial charge in [0.1, 0.15) is 0 Å². The van der Waals surface area contributed by atoms with Crippen LogP contribution in [0.5, 0.6) is 0 Å². The lowest BCUT2D eigenvalue weighted by Crippen LogP contribution is -2.41. The minimum atomic E-state index is -4.51. The van der Waals surface area contributed by atoms with E-state index in [1.165, 1.54) is 4.90 Å². The lowest BCUT2D eigenvalue weighted by atomic mass is 9.92. The van der Waals surface area contributed by atoms with Gasteiger partial charge >= 0.3 is 6.18 Å². The number of aliphatic hydroxyl groups excluding tert-OH is 1. The van der Waals surface area contributed by atoms with Gasteiger partial charge in [0.2, 0.25) is 0 Å². The molecule has 0 radical (unpaired) electrons. The molecule has 0 bridgehead atoms. The van der Waals surface area contributed by atoms with Gasteiger partial charge in [-0.15, -0.1) is 0 Å². The van der Waals surface area contributed by atoms with Crippen LogP contribution in [0.1, 0.15) is 35.7 Å². The van der Waals surface area contributed by atoms with Crippen LogP contribution in [0.3, 0.4) is 0 Å². The number of carbonyl (C=O) groups excluding carboxylic acids is 1. The minimum Gasteiger partial charge on any atom is -0.398 e. The summed E-state index contributed by atoms with van der Waals surface area (Å²) in [6.07, 6.45) is -3.71. The van der Waals surface area contributed by atoms with Gasteiger partial charge < -0.3 is 15.7 Å². The number of nitrogen functional groups attached to an aromatic ring is 1. The third kappa shape index (κ3) is 3.52. The Morgan fingerprint density at radius 2 is 1.95 bits per heavy atom. The molecule has 1 aromatic rings. The lowest BCUT2D eigenvalue weighted by molar-refractivity contribution is -0.137. The molecule has 1 heterocycles. The topological polar surface area (TPSA) is 66.6 Å². The summed E-state index contributed by atoms with van der Waals surface area (Å²) in [5.74, 6) is -0.379. The smallest absolute Gasteiger partial charge is 0.398 e. The van der Waals surface area contributed by atoms with Crippen LogP contribution in [-0.4, -0.2) is 35.1 Å². The van der Waals surface area contributed by atoms with Gasteiger partial charge in [0.25, 0.3) is 5.91 Å². The Bertz CT molecular complexity index is 550. The van der Waals surface area contributed by atoms with Crippen molar-refractivity contribution in [3.63, 3.8) is 0 Å². The highest BCUT2D eigenvalue weighted by Crippen LogP contribution is 2.32. The molecule has 3 N–H and O–H groups in total. The SMILES string of the molecule is CC(O)C1CCN(C(=O)c2cc(C(F)(F)F)ccc2N)CC1. The van der Waals surface area contributed by atoms with Crippen LogP contribution >= 0.6 is 0 Å². The zero-order valence-electron chi connectivity index (χ0n) is 12.2. The fourth-order valence-electron chi connectivity index (χ4n) is 2.67. The second-order valence-electron chi connectivity index (χ2n) is 5.67. The first-order valence-corrected chi connectivity index (χ1v) is 7.14. The number of nitrogens with zero attached hydrogens (tertiary/aromatic N) is 1. The van der Waals surface area contributed by atoms with E-state index in [1.54, 1.807) is 6.92 Å². The molecule has 22 heavy (non-hydrogen) atoms. The van der Waals surface area contributed by atoms with Crippen LogP contribution in [0, 0.1) is 5.92 Å². The second-order valence-corrected chi connectivity index (χ2v) is 5.67. The van der Waals surface area contributed by atoms with Crippen molar-refractivity contribution in [2.75, 3.05) is 18.8 Å². The number of anilines is 1. The molecule has 1 aliphatic rings. The Balaban J connectivity index is 2.17. The third-order valence-electron chi connectivity index (χ3n) is 4.12. The number of hydrogen-bond donors (Lipinski definition) is 2. The van der Waals surface area contributed by atoms with E-state index in [2.05, 4.69) is 0 Å². The molecule has 1 fully saturated rings. The number of aliphatic hydroxyl groups is 1. The Hall–Kier alpha value is -1.76. The molecule has 1 amide bonds. The van der Waals surface area contributed by atoms with Gasteiger partial charge in [-0.25, -0.2) is 0 Å². The molecule has 0 saturated carbocycles. The van der Waals surface area contributed by atoms with Crippen LogP contribution in [0.15, 0.2) is 18.2 Å². The first-order chi connectivity index (χ1) is 10.2. The fourth-order valence-corrected chi connectivity index (χ4v) is 2.67. The van der Waals surface area contributed by atoms with Crippen molar-refractivity contribution in [3.05, 3.63) is 29.3 Å². The van der Waals surface area contributed by atoms with E-state index in [0.717, 1.165) is 18.2 Å². The van der Waals surface area contributed by atoms with Gasteiger partial charge in [-0.05, 0) is 43.9 Å². The highest BCUT2D eigenvalue weighted by Gasteiger charge is 2.33. The van der Waals surface area contributed by atoms with E-state index in [4.69, 9.17) is 5.73 Å². The van der Waals surface area contributed by atoms with Gasteiger partial charge in [-0.1, -0.05) is 0 Å². The summed E-state index contributed by atoms with van der Waals surface area (Å²) in [6, 6.07) is 2.78. The van der Waals surface area contributed by atoms with Crippen molar-refractivity contribution in [1.29, 1.82) is 0 Å². The Kier molecular flexibility index (Phi) is 4.65. The molecule has 0 spiro atoms. The third-order valence-corrected chi connectivity index (χ3v) is 4.12. The zero-order valence-corrected chi connectivity index (χ0v) is 12.2. The van der Waals surface area contributed by atoms with E-state index >= 15 is 0 Å². The summed E-state index contributed by atoms with van der Waals surface area (Å²) in [4.78, 5) is 13.9. The number of alkyl halides is 3. The fraction of sp³-hybridized carbons (Fsp3) is 0.533. The highest BCUT2D eigenvalue weighted by atomic mass is 19.4. The Labute approximate surface area is 126 Å². The first kappa shape index (κ1) is 16.6. The summed E-state index contributed by atoms with van der Waals surface area (Å²) >= 11 is 0. The average Bonchev–Trinajstić information content (AvgIpc) is 2.46. The van der Waals surface area contributed by atoms with Crippen molar-refractivity contribution >= 4 is 11.6 Å². The largest absolute Gasteiger partial charge is 0.416 e. The van der Waals surface area contributed by atoms with Crippen LogP contribution in [0.2, 0.25) is 0 Å². The van der Waals surface area contributed by atoms with Crippen LogP contribution in [-0.2, 0) is 6.18 Å². The number of rotatable bonds is 2. The summed E-state index contributed by atoms with van der Waals surface area (Å²) in [6.45, 7) is 2.51. The maximum Gasteiger partial charge on any atom is 0.416 e. The summed E-state index contributed by atoms with van der Waals surface area (Å²) in [5, 5.41) is 9.54. The Morgan fingerprint density at radius 3 is 2.45 bits per heavy atom. The number of amides is 1. The van der Waals surface area contributed by atoms with Crippen molar-refractivity contribution in [2.24, 2.45) is 5.92 Å². The number of hydrogen-bond acceptors (Lipinski definition) is 3. The molecular weight excluding hydrogens is 297 g/mol. The second kappa shape index (κ2) is 6.16. The van der Waals surface area contributed by atoms with E-state index in [9.17, 15) is 23.1 Å². The number of halogens is 3. The number of benzene rings is 1. The monoisotopic (exact) mass is 316 g/mol. The number of nitrogens with two attached hydrogens (primary N) is 1. The molecule has 1 aromatic carbocycles. The molecule has 2 rings (SSSR count). The molecule has 1 atom stereocenters. The van der Waals surface area contributed by atoms with E-state index in [-0.39, 0.29) is 17.2 Å². The van der Waals surface area contributed by atoms with Gasteiger partial charge in [-0.3, -0.25) is 4.79 Å². The summed E-state index contributed by atoms with van der Waals surface area (Å²) < 4.78 is 38.3. The summed E-state index contributed by atoms with van der Waals surface area (Å²) in [5.41, 5.74) is 4.69. The zero-order chi connectivity index (χ0) is 16.5. The molecule has 122 valence electrons. The summed E-state index contributed by atoms with van der Waals surface area (Å²) in [7, 11) is 0.